The number of hydrogen-bond donors (Lipinski definition) is 1. The van der Waals surface area contributed by atoms with E-state index in [0.29, 0.717) is 38.7 Å². The number of rotatable bonds is 4. The van der Waals surface area contributed by atoms with E-state index in [9.17, 15) is 9.59 Å². The standard InChI is InChI=1S/C18H13N3O5S/c1-9-14-10(16(22)19-11-5-7-27-15(11)18(23)24-2)8-12(13-4-3-6-25-13)20-17(14)26-21-9/h3-8H,1-2H3,(H,19,22). The summed E-state index contributed by atoms with van der Waals surface area (Å²) in [6.07, 6.45) is 1.51. The summed E-state index contributed by atoms with van der Waals surface area (Å²) in [6, 6.07) is 6.69. The lowest BCUT2D eigenvalue weighted by molar-refractivity contribution is 0.0607. The molecule has 0 radical (unpaired) electrons. The van der Waals surface area contributed by atoms with Crippen LogP contribution in [-0.2, 0) is 4.74 Å². The van der Waals surface area contributed by atoms with E-state index in [-0.39, 0.29) is 5.71 Å². The molecule has 0 aromatic carbocycles. The molecule has 4 heterocycles. The molecule has 9 heteroatoms. The molecule has 0 aliphatic heterocycles. The molecule has 4 aromatic heterocycles. The van der Waals surface area contributed by atoms with Crippen LogP contribution < -0.4 is 5.32 Å². The Kier molecular flexibility index (Phi) is 4.21. The van der Waals surface area contributed by atoms with Crippen molar-refractivity contribution in [3.05, 3.63) is 52.0 Å². The molecule has 4 rings (SSSR count). The molecule has 0 unspecified atom stereocenters. The summed E-state index contributed by atoms with van der Waals surface area (Å²) < 4.78 is 15.3. The minimum Gasteiger partial charge on any atom is -0.465 e. The van der Waals surface area contributed by atoms with Gasteiger partial charge in [0.2, 0.25) is 0 Å². The fraction of sp³-hybridized carbons (Fsp3) is 0.111. The monoisotopic (exact) mass is 383 g/mol. The normalized spacial score (nSPS) is 10.9. The van der Waals surface area contributed by atoms with Gasteiger partial charge in [-0.3, -0.25) is 4.79 Å². The molecule has 1 N–H and O–H groups in total. The molecule has 1 amide bonds. The van der Waals surface area contributed by atoms with E-state index >= 15 is 0 Å². The predicted octanol–water partition coefficient (Wildman–Crippen LogP) is 3.89. The van der Waals surface area contributed by atoms with Gasteiger partial charge < -0.3 is 19.0 Å². The Balaban J connectivity index is 1.78. The summed E-state index contributed by atoms with van der Waals surface area (Å²) in [5, 5.41) is 8.84. The van der Waals surface area contributed by atoms with Crippen LogP contribution in [-0.4, -0.2) is 29.1 Å². The molecule has 0 fully saturated rings. The highest BCUT2D eigenvalue weighted by atomic mass is 32.1. The number of ether oxygens (including phenoxy) is 1. The second-order valence-electron chi connectivity index (χ2n) is 5.59. The van der Waals surface area contributed by atoms with Crippen LogP contribution in [0.3, 0.4) is 0 Å². The SMILES string of the molecule is COC(=O)c1sccc1NC(=O)c1cc(-c2ccco2)nc2onc(C)c12. The zero-order valence-corrected chi connectivity index (χ0v) is 15.1. The molecule has 0 aliphatic rings. The molecular formula is C18H13N3O5S. The van der Waals surface area contributed by atoms with E-state index in [1.54, 1.807) is 36.6 Å². The number of aromatic nitrogens is 2. The van der Waals surface area contributed by atoms with Crippen molar-refractivity contribution in [2.45, 2.75) is 6.92 Å². The highest BCUT2D eigenvalue weighted by molar-refractivity contribution is 7.12. The van der Waals surface area contributed by atoms with Gasteiger partial charge in [-0.2, -0.15) is 0 Å². The van der Waals surface area contributed by atoms with Crippen LogP contribution in [0.5, 0.6) is 0 Å². The highest BCUT2D eigenvalue weighted by Gasteiger charge is 2.22. The molecule has 0 atom stereocenters. The zero-order chi connectivity index (χ0) is 19.0. The Labute approximate surface area is 156 Å². The van der Waals surface area contributed by atoms with E-state index in [1.165, 1.54) is 24.7 Å². The number of amides is 1. The Morgan fingerprint density at radius 1 is 1.30 bits per heavy atom. The van der Waals surface area contributed by atoms with Crippen molar-refractivity contribution in [3.63, 3.8) is 0 Å². The van der Waals surface area contributed by atoms with Gasteiger partial charge in [0, 0.05) is 0 Å². The second-order valence-corrected chi connectivity index (χ2v) is 6.51. The van der Waals surface area contributed by atoms with Crippen LogP contribution in [0.25, 0.3) is 22.6 Å². The minimum atomic E-state index is -0.516. The van der Waals surface area contributed by atoms with E-state index in [4.69, 9.17) is 13.7 Å². The van der Waals surface area contributed by atoms with E-state index in [1.807, 2.05) is 0 Å². The van der Waals surface area contributed by atoms with E-state index in [2.05, 4.69) is 15.5 Å². The first-order valence-corrected chi connectivity index (χ1v) is 8.74. The number of nitrogens with zero attached hydrogens (tertiary/aromatic N) is 2. The Bertz CT molecular complexity index is 1140. The number of fused-ring (bicyclic) bond motifs is 1. The van der Waals surface area contributed by atoms with Crippen molar-refractivity contribution in [2.24, 2.45) is 0 Å². The smallest absolute Gasteiger partial charge is 0.350 e. The number of pyridine rings is 1. The molecule has 0 saturated carbocycles. The van der Waals surface area contributed by atoms with Crippen molar-refractivity contribution in [1.29, 1.82) is 0 Å². The third-order valence-corrected chi connectivity index (χ3v) is 4.81. The van der Waals surface area contributed by atoms with Crippen LogP contribution in [0.2, 0.25) is 0 Å². The largest absolute Gasteiger partial charge is 0.465 e. The average molecular weight is 383 g/mol. The zero-order valence-electron chi connectivity index (χ0n) is 14.3. The first-order chi connectivity index (χ1) is 13.1. The summed E-state index contributed by atoms with van der Waals surface area (Å²) in [4.78, 5) is 29.5. The molecule has 0 bridgehead atoms. The minimum absolute atomic E-state index is 0.227. The maximum Gasteiger partial charge on any atom is 0.350 e. The number of nitrogens with one attached hydrogen (secondary N) is 1. The number of furan rings is 1. The summed E-state index contributed by atoms with van der Waals surface area (Å²) in [5.74, 6) is -0.451. The third-order valence-electron chi connectivity index (χ3n) is 3.92. The number of carbonyl (C=O) groups is 2. The molecule has 4 aromatic rings. The van der Waals surface area contributed by atoms with Gasteiger partial charge >= 0.3 is 5.97 Å². The molecular weight excluding hydrogens is 370 g/mol. The van der Waals surface area contributed by atoms with E-state index < -0.39 is 11.9 Å². The first-order valence-electron chi connectivity index (χ1n) is 7.86. The van der Waals surface area contributed by atoms with Crippen molar-refractivity contribution < 1.29 is 23.3 Å². The number of aryl methyl sites for hydroxylation is 1. The van der Waals surface area contributed by atoms with Gasteiger partial charge in [0.25, 0.3) is 11.6 Å². The maximum atomic E-state index is 13.0. The van der Waals surface area contributed by atoms with Gasteiger partial charge in [-0.1, -0.05) is 5.16 Å². The fourth-order valence-corrected chi connectivity index (χ4v) is 3.44. The number of hydrogen-bond acceptors (Lipinski definition) is 8. The van der Waals surface area contributed by atoms with Gasteiger partial charge in [-0.15, -0.1) is 11.3 Å². The lowest BCUT2D eigenvalue weighted by Gasteiger charge is -2.08. The summed E-state index contributed by atoms with van der Waals surface area (Å²) in [7, 11) is 1.29. The van der Waals surface area contributed by atoms with Crippen LogP contribution in [0.1, 0.15) is 25.7 Å². The molecule has 136 valence electrons. The summed E-state index contributed by atoms with van der Waals surface area (Å²) >= 11 is 1.18. The Morgan fingerprint density at radius 2 is 2.15 bits per heavy atom. The van der Waals surface area contributed by atoms with Crippen molar-refractivity contribution >= 4 is 40.0 Å². The van der Waals surface area contributed by atoms with Crippen molar-refractivity contribution in [2.75, 3.05) is 12.4 Å². The molecule has 0 aliphatic carbocycles. The predicted molar refractivity (Wildman–Crippen MR) is 97.9 cm³/mol. The number of esters is 1. The highest BCUT2D eigenvalue weighted by Crippen LogP contribution is 2.29. The van der Waals surface area contributed by atoms with Gasteiger partial charge in [0.15, 0.2) is 5.76 Å². The number of thiophene rings is 1. The van der Waals surface area contributed by atoms with Crippen molar-refractivity contribution in [3.8, 4) is 11.5 Å². The van der Waals surface area contributed by atoms with Gasteiger partial charge in [-0.25, -0.2) is 9.78 Å². The van der Waals surface area contributed by atoms with Gasteiger partial charge in [0.1, 0.15) is 10.6 Å². The van der Waals surface area contributed by atoms with Crippen LogP contribution in [0.15, 0.2) is 44.8 Å². The molecule has 0 spiro atoms. The Morgan fingerprint density at radius 3 is 2.89 bits per heavy atom. The lowest BCUT2D eigenvalue weighted by atomic mass is 10.1. The summed E-state index contributed by atoms with van der Waals surface area (Å²) in [6.45, 7) is 1.72. The average Bonchev–Trinajstić information content (AvgIpc) is 3.42. The first kappa shape index (κ1) is 17.0. The second kappa shape index (κ2) is 6.69. The number of carbonyl (C=O) groups excluding carboxylic acids is 2. The number of methoxy groups -OCH3 is 1. The summed E-state index contributed by atoms with van der Waals surface area (Å²) in [5.41, 5.74) is 1.88. The maximum absolute atomic E-state index is 13.0. The van der Waals surface area contributed by atoms with Crippen LogP contribution in [0.4, 0.5) is 5.69 Å². The fourth-order valence-electron chi connectivity index (χ4n) is 2.67. The molecule has 8 nitrogen and oxygen atoms in total. The van der Waals surface area contributed by atoms with Crippen LogP contribution >= 0.6 is 11.3 Å². The third kappa shape index (κ3) is 2.97. The molecule has 27 heavy (non-hydrogen) atoms. The lowest BCUT2D eigenvalue weighted by Crippen LogP contribution is -2.15. The van der Waals surface area contributed by atoms with E-state index in [0.717, 1.165) is 0 Å². The van der Waals surface area contributed by atoms with Gasteiger partial charge in [0.05, 0.1) is 35.7 Å². The quantitative estimate of drug-likeness (QED) is 0.533. The topological polar surface area (TPSA) is 107 Å². The van der Waals surface area contributed by atoms with Crippen LogP contribution in [0, 0.1) is 6.92 Å². The Hall–Kier alpha value is -3.46. The van der Waals surface area contributed by atoms with Gasteiger partial charge in [-0.05, 0) is 36.6 Å². The van der Waals surface area contributed by atoms with Crippen molar-refractivity contribution in [1.82, 2.24) is 10.1 Å². The molecule has 0 saturated heterocycles. The number of anilines is 1.